The number of nitrogens with zero attached hydrogens (tertiary/aromatic N) is 5. The summed E-state index contributed by atoms with van der Waals surface area (Å²) in [6.07, 6.45) is 2.22. The van der Waals surface area contributed by atoms with Gasteiger partial charge in [0, 0.05) is 38.5 Å². The van der Waals surface area contributed by atoms with Crippen LogP contribution >= 0.6 is 0 Å². The van der Waals surface area contributed by atoms with Crippen LogP contribution in [0.1, 0.15) is 36.0 Å². The number of rotatable bonds is 10. The van der Waals surface area contributed by atoms with Gasteiger partial charge in [-0.05, 0) is 50.3 Å². The van der Waals surface area contributed by atoms with Gasteiger partial charge in [-0.2, -0.15) is 18.4 Å². The zero-order chi connectivity index (χ0) is 27.5. The number of hydrogen-bond acceptors (Lipinski definition) is 6. The number of nitriles is 1. The van der Waals surface area contributed by atoms with Gasteiger partial charge in [-0.15, -0.1) is 0 Å². The van der Waals surface area contributed by atoms with Gasteiger partial charge in [0.25, 0.3) is 5.91 Å². The lowest BCUT2D eigenvalue weighted by molar-refractivity contribution is -0.141. The number of hydrogen-bond donors (Lipinski definition) is 1. The molecule has 4 rings (SSSR count). The van der Waals surface area contributed by atoms with Crippen LogP contribution in [0.4, 0.5) is 18.9 Å². The van der Waals surface area contributed by atoms with Crippen molar-refractivity contribution in [3.8, 4) is 6.07 Å². The van der Waals surface area contributed by atoms with Gasteiger partial charge in [0.1, 0.15) is 18.9 Å². The molecule has 8 nitrogen and oxygen atoms in total. The fourth-order valence-electron chi connectivity index (χ4n) is 5.35. The van der Waals surface area contributed by atoms with Gasteiger partial charge in [-0.3, -0.25) is 4.79 Å². The Morgan fingerprint density at radius 2 is 1.97 bits per heavy atom. The summed E-state index contributed by atoms with van der Waals surface area (Å²) in [5, 5.41) is 12.7. The lowest BCUT2D eigenvalue weighted by Gasteiger charge is -2.45. The summed E-state index contributed by atoms with van der Waals surface area (Å²) in [4.78, 5) is 20.5. The van der Waals surface area contributed by atoms with Gasteiger partial charge in [0.15, 0.2) is 0 Å². The zero-order valence-electron chi connectivity index (χ0n) is 22.4. The van der Waals surface area contributed by atoms with Crippen molar-refractivity contribution in [2.45, 2.75) is 70.3 Å². The van der Waals surface area contributed by atoms with Crippen molar-refractivity contribution in [1.82, 2.24) is 19.8 Å². The van der Waals surface area contributed by atoms with Crippen molar-refractivity contribution in [1.29, 1.82) is 5.26 Å². The van der Waals surface area contributed by atoms with Gasteiger partial charge < -0.3 is 24.4 Å². The van der Waals surface area contributed by atoms with Crippen LogP contribution in [-0.2, 0) is 11.5 Å². The Morgan fingerprint density at radius 3 is 2.63 bits per heavy atom. The van der Waals surface area contributed by atoms with Crippen molar-refractivity contribution in [2.24, 2.45) is 5.92 Å². The maximum Gasteiger partial charge on any atom is 0.406 e. The maximum atomic E-state index is 13.4. The van der Waals surface area contributed by atoms with Crippen LogP contribution in [-0.4, -0.2) is 73.6 Å². The molecule has 0 radical (unpaired) electrons. The molecule has 1 N–H and O–H groups in total. The number of anilines is 1. The summed E-state index contributed by atoms with van der Waals surface area (Å²) in [5.41, 5.74) is 1.54. The quantitative estimate of drug-likeness (QED) is 0.260. The first-order valence-corrected chi connectivity index (χ1v) is 16.9. The predicted octanol–water partition coefficient (Wildman–Crippen LogP) is 4.80. The van der Waals surface area contributed by atoms with Crippen molar-refractivity contribution in [3.05, 3.63) is 24.0 Å². The van der Waals surface area contributed by atoms with E-state index in [9.17, 15) is 18.0 Å². The van der Waals surface area contributed by atoms with E-state index in [1.54, 1.807) is 0 Å². The van der Waals surface area contributed by atoms with E-state index in [2.05, 4.69) is 36.0 Å². The van der Waals surface area contributed by atoms with Crippen LogP contribution < -0.4 is 10.2 Å². The van der Waals surface area contributed by atoms with E-state index in [4.69, 9.17) is 10.00 Å². The Kier molecular flexibility index (Phi) is 8.69. The molecule has 0 bridgehead atoms. The van der Waals surface area contributed by atoms with Gasteiger partial charge in [0.05, 0.1) is 30.5 Å². The molecule has 3 heterocycles. The van der Waals surface area contributed by atoms with Gasteiger partial charge >= 0.3 is 6.18 Å². The fourth-order valence-corrected chi connectivity index (χ4v) is 6.11. The third kappa shape index (κ3) is 6.87. The third-order valence-electron chi connectivity index (χ3n) is 7.38. The van der Waals surface area contributed by atoms with E-state index >= 15 is 0 Å². The number of ether oxygens (including phenoxy) is 1. The number of nitrogens with one attached hydrogen (secondary N) is 1. The summed E-state index contributed by atoms with van der Waals surface area (Å²) < 4.78 is 47.9. The Morgan fingerprint density at radius 1 is 1.24 bits per heavy atom. The summed E-state index contributed by atoms with van der Waals surface area (Å²) >= 11 is 0. The van der Waals surface area contributed by atoms with E-state index in [0.717, 1.165) is 48.6 Å². The minimum absolute atomic E-state index is 0.00625. The average Bonchev–Trinajstić information content (AvgIpc) is 3.26. The first-order chi connectivity index (χ1) is 18.0. The molecule has 12 heteroatoms. The topological polar surface area (TPSA) is 86.4 Å². The number of carbonyl (C=O) groups excluding carboxylic acids is 1. The SMILES string of the molecule is C[Si](C)(C)CCOCn1ccc2c3c(cnc21)C(=O)N(CC(F)(F)F)CN3C1CCC(CNCC#N)CC1. The second-order valence-corrected chi connectivity index (χ2v) is 17.2. The molecular weight excluding hydrogens is 513 g/mol. The van der Waals surface area contributed by atoms with Crippen LogP contribution in [0.2, 0.25) is 25.7 Å². The minimum Gasteiger partial charge on any atom is -0.361 e. The predicted molar refractivity (Wildman–Crippen MR) is 143 cm³/mol. The highest BCUT2D eigenvalue weighted by Gasteiger charge is 2.41. The van der Waals surface area contributed by atoms with Crippen molar-refractivity contribution < 1.29 is 22.7 Å². The number of carbonyl (C=O) groups is 1. The molecule has 0 unspecified atom stereocenters. The number of fused-ring (bicyclic) bond motifs is 3. The van der Waals surface area contributed by atoms with Gasteiger partial charge in [-0.25, -0.2) is 4.98 Å². The molecule has 1 aliphatic heterocycles. The monoisotopic (exact) mass is 550 g/mol. The first-order valence-electron chi connectivity index (χ1n) is 13.2. The van der Waals surface area contributed by atoms with E-state index < -0.39 is 26.7 Å². The highest BCUT2D eigenvalue weighted by atomic mass is 28.3. The minimum atomic E-state index is -4.49. The van der Waals surface area contributed by atoms with Crippen LogP contribution in [0.5, 0.6) is 0 Å². The molecule has 2 aliphatic rings. The van der Waals surface area contributed by atoms with Gasteiger partial charge in [-0.1, -0.05) is 19.6 Å². The number of amides is 1. The van der Waals surface area contributed by atoms with Gasteiger partial charge in [0.2, 0.25) is 0 Å². The van der Waals surface area contributed by atoms with Crippen molar-refractivity contribution in [2.75, 3.05) is 37.8 Å². The fraction of sp³-hybridized carbons (Fsp3) is 0.654. The molecule has 208 valence electrons. The smallest absolute Gasteiger partial charge is 0.361 e. The molecule has 1 amide bonds. The Bertz CT molecular complexity index is 1160. The van der Waals surface area contributed by atoms with Crippen LogP contribution in [0.15, 0.2) is 18.5 Å². The average molecular weight is 551 g/mol. The molecular formula is C26H37F3N6O2Si. The number of pyridine rings is 1. The van der Waals surface area contributed by atoms with Crippen LogP contribution in [0, 0.1) is 17.2 Å². The molecule has 0 saturated heterocycles. The molecule has 1 fully saturated rings. The molecule has 0 aromatic carbocycles. The normalized spacial score (nSPS) is 20.6. The second-order valence-electron chi connectivity index (χ2n) is 11.6. The molecule has 2 aromatic rings. The maximum absolute atomic E-state index is 13.4. The number of aromatic nitrogens is 2. The van der Waals surface area contributed by atoms with Crippen molar-refractivity contribution >= 4 is 30.7 Å². The molecule has 0 atom stereocenters. The second kappa shape index (κ2) is 11.6. The summed E-state index contributed by atoms with van der Waals surface area (Å²) in [6, 6.07) is 5.02. The van der Waals surface area contributed by atoms with E-state index in [1.807, 2.05) is 21.7 Å². The van der Waals surface area contributed by atoms with Crippen molar-refractivity contribution in [3.63, 3.8) is 0 Å². The zero-order valence-corrected chi connectivity index (χ0v) is 23.4. The summed E-state index contributed by atoms with van der Waals surface area (Å²) in [6.45, 7) is 7.52. The highest BCUT2D eigenvalue weighted by Crippen LogP contribution is 2.40. The molecule has 2 aromatic heterocycles. The van der Waals surface area contributed by atoms with Crippen LogP contribution in [0.3, 0.4) is 0 Å². The third-order valence-corrected chi connectivity index (χ3v) is 9.08. The summed E-state index contributed by atoms with van der Waals surface area (Å²) in [5.74, 6) is -0.222. The number of halogens is 3. The van der Waals surface area contributed by atoms with E-state index in [0.29, 0.717) is 37.1 Å². The molecule has 1 saturated carbocycles. The Labute approximate surface area is 222 Å². The lowest BCUT2D eigenvalue weighted by atomic mass is 9.84. The van der Waals surface area contributed by atoms with Crippen LogP contribution in [0.25, 0.3) is 11.0 Å². The lowest BCUT2D eigenvalue weighted by Crippen LogP contribution is -2.54. The number of alkyl halides is 3. The standard InChI is InChI=1S/C26H37F3N6O2Si/c1-38(2,3)13-12-37-18-33-11-8-21-23-22(15-32-24(21)33)25(36)34(16-26(27,28)29)17-35(23)20-6-4-19(5-7-20)14-31-10-9-30/h8,11,15,19-20,31H,4-7,10,12-14,16-18H2,1-3H3. The Hall–Kier alpha value is -2.62. The van der Waals surface area contributed by atoms with E-state index in [-0.39, 0.29) is 18.3 Å². The highest BCUT2D eigenvalue weighted by molar-refractivity contribution is 6.76. The molecule has 38 heavy (non-hydrogen) atoms. The molecule has 0 spiro atoms. The molecule has 1 aliphatic carbocycles. The largest absolute Gasteiger partial charge is 0.406 e. The van der Waals surface area contributed by atoms with E-state index in [1.165, 1.54) is 6.20 Å². The first kappa shape index (κ1) is 28.4. The summed E-state index contributed by atoms with van der Waals surface area (Å²) in [7, 11) is -1.22. The Balaban J connectivity index is 1.59.